The van der Waals surface area contributed by atoms with Gasteiger partial charge in [0.25, 0.3) is 15.9 Å². The molecule has 1 heterocycles. The van der Waals surface area contributed by atoms with E-state index in [0.717, 1.165) is 36.2 Å². The van der Waals surface area contributed by atoms with Crippen molar-refractivity contribution in [3.05, 3.63) is 82.7 Å². The van der Waals surface area contributed by atoms with E-state index in [2.05, 4.69) is 16.1 Å². The lowest BCUT2D eigenvalue weighted by atomic mass is 9.87. The molecule has 0 unspecified atom stereocenters. The number of carbonyl (C=O) groups is 2. The molecule has 0 fully saturated rings. The number of ether oxygens (including phenoxy) is 1. The minimum Gasteiger partial charge on any atom is -0.449 e. The fraction of sp³-hybridized carbons (Fsp3) is 0.250. The number of esters is 1. The van der Waals surface area contributed by atoms with Gasteiger partial charge in [-0.25, -0.2) is 13.2 Å². The van der Waals surface area contributed by atoms with E-state index in [-0.39, 0.29) is 21.7 Å². The van der Waals surface area contributed by atoms with Gasteiger partial charge in [0, 0.05) is 5.69 Å². The van der Waals surface area contributed by atoms with Crippen LogP contribution in [0.5, 0.6) is 0 Å². The van der Waals surface area contributed by atoms with Gasteiger partial charge in [0.15, 0.2) is 6.10 Å². The molecule has 7 nitrogen and oxygen atoms in total. The first-order valence-electron chi connectivity index (χ1n) is 10.6. The molecule has 1 aliphatic rings. The van der Waals surface area contributed by atoms with Crippen LogP contribution in [-0.2, 0) is 26.0 Å². The SMILES string of the molecule is C[C@@H](OC(=O)c1ccc(NS(=O)(=O)c2cccs2)cc1)C(=O)N[C@H]1CCCc2ccccc21. The van der Waals surface area contributed by atoms with Gasteiger partial charge >= 0.3 is 5.97 Å². The Labute approximate surface area is 196 Å². The molecule has 2 atom stereocenters. The van der Waals surface area contributed by atoms with Gasteiger partial charge < -0.3 is 10.1 Å². The predicted octanol–water partition coefficient (Wildman–Crippen LogP) is 4.29. The van der Waals surface area contributed by atoms with Gasteiger partial charge in [0.2, 0.25) is 0 Å². The average Bonchev–Trinajstić information content (AvgIpc) is 3.36. The molecule has 0 bridgehead atoms. The molecule has 0 spiro atoms. The van der Waals surface area contributed by atoms with Crippen LogP contribution in [-0.4, -0.2) is 26.4 Å². The van der Waals surface area contributed by atoms with Crippen LogP contribution in [0, 0.1) is 0 Å². The van der Waals surface area contributed by atoms with E-state index >= 15 is 0 Å². The zero-order valence-corrected chi connectivity index (χ0v) is 19.6. The Morgan fingerprint density at radius 3 is 2.55 bits per heavy atom. The van der Waals surface area contributed by atoms with Crippen molar-refractivity contribution in [2.24, 2.45) is 0 Å². The van der Waals surface area contributed by atoms with Crippen LogP contribution in [0.1, 0.15) is 47.3 Å². The van der Waals surface area contributed by atoms with Crippen LogP contribution in [0.4, 0.5) is 5.69 Å². The van der Waals surface area contributed by atoms with E-state index < -0.39 is 22.1 Å². The predicted molar refractivity (Wildman–Crippen MR) is 127 cm³/mol. The maximum absolute atomic E-state index is 12.6. The molecular weight excluding hydrogens is 460 g/mol. The number of carbonyl (C=O) groups excluding carboxylic acids is 2. The first-order valence-corrected chi connectivity index (χ1v) is 13.0. The third kappa shape index (κ3) is 5.43. The molecule has 172 valence electrons. The zero-order valence-electron chi connectivity index (χ0n) is 18.0. The summed E-state index contributed by atoms with van der Waals surface area (Å²) in [5.74, 6) is -1.01. The number of fused-ring (bicyclic) bond motifs is 1. The molecule has 3 aromatic rings. The quantitative estimate of drug-likeness (QED) is 0.487. The number of rotatable bonds is 7. The summed E-state index contributed by atoms with van der Waals surface area (Å²) < 4.78 is 32.6. The van der Waals surface area contributed by atoms with Gasteiger partial charge in [-0.1, -0.05) is 30.3 Å². The smallest absolute Gasteiger partial charge is 0.338 e. The van der Waals surface area contributed by atoms with E-state index in [0.29, 0.717) is 5.69 Å². The number of thiophene rings is 1. The minimum absolute atomic E-state index is 0.0979. The minimum atomic E-state index is -3.67. The topological polar surface area (TPSA) is 102 Å². The second kappa shape index (κ2) is 9.76. The summed E-state index contributed by atoms with van der Waals surface area (Å²) in [4.78, 5) is 25.1. The molecular formula is C24H24N2O5S2. The van der Waals surface area contributed by atoms with Crippen molar-refractivity contribution < 1.29 is 22.7 Å². The summed E-state index contributed by atoms with van der Waals surface area (Å²) in [6.45, 7) is 1.53. The molecule has 2 N–H and O–H groups in total. The lowest BCUT2D eigenvalue weighted by Crippen LogP contribution is -2.39. The third-order valence-electron chi connectivity index (χ3n) is 5.47. The highest BCUT2D eigenvalue weighted by Gasteiger charge is 2.25. The van der Waals surface area contributed by atoms with Crippen LogP contribution in [0.3, 0.4) is 0 Å². The molecule has 4 rings (SSSR count). The maximum atomic E-state index is 12.6. The Hall–Kier alpha value is -3.17. The third-order valence-corrected chi connectivity index (χ3v) is 8.25. The van der Waals surface area contributed by atoms with Gasteiger partial charge in [-0.3, -0.25) is 9.52 Å². The first-order chi connectivity index (χ1) is 15.8. The number of hydrogen-bond acceptors (Lipinski definition) is 6. The van der Waals surface area contributed by atoms with Crippen molar-refractivity contribution in [3.8, 4) is 0 Å². The lowest BCUT2D eigenvalue weighted by molar-refractivity contribution is -0.130. The summed E-state index contributed by atoms with van der Waals surface area (Å²) in [7, 11) is -3.67. The molecule has 33 heavy (non-hydrogen) atoms. The Morgan fingerprint density at radius 1 is 1.06 bits per heavy atom. The number of sulfonamides is 1. The van der Waals surface area contributed by atoms with Crippen LogP contribution in [0.15, 0.2) is 70.3 Å². The molecule has 1 aromatic heterocycles. The van der Waals surface area contributed by atoms with Gasteiger partial charge in [0.05, 0.1) is 11.6 Å². The fourth-order valence-electron chi connectivity index (χ4n) is 3.77. The first kappa shape index (κ1) is 23.0. The number of aryl methyl sites for hydroxylation is 1. The van der Waals surface area contributed by atoms with Crippen LogP contribution in [0.25, 0.3) is 0 Å². The standard InChI is InChI=1S/C24H24N2O5S2/c1-16(23(27)25-21-9-4-7-17-6-2-3-8-20(17)21)31-24(28)18-11-13-19(14-12-18)26-33(29,30)22-10-5-15-32-22/h2-3,5-6,8,10-16,21,26H,4,7,9H2,1H3,(H,25,27)/t16-,21+/m1/s1. The monoisotopic (exact) mass is 484 g/mol. The van der Waals surface area contributed by atoms with Crippen molar-refractivity contribution in [2.45, 2.75) is 42.5 Å². The molecule has 0 radical (unpaired) electrons. The van der Waals surface area contributed by atoms with E-state index in [4.69, 9.17) is 4.74 Å². The highest BCUT2D eigenvalue weighted by atomic mass is 32.2. The van der Waals surface area contributed by atoms with E-state index in [9.17, 15) is 18.0 Å². The van der Waals surface area contributed by atoms with Gasteiger partial charge in [-0.15, -0.1) is 11.3 Å². The molecule has 0 saturated carbocycles. The van der Waals surface area contributed by atoms with Gasteiger partial charge in [0.1, 0.15) is 4.21 Å². The summed E-state index contributed by atoms with van der Waals surface area (Å²) in [6, 6.07) is 17.0. The number of hydrogen-bond donors (Lipinski definition) is 2. The molecule has 1 amide bonds. The summed E-state index contributed by atoms with van der Waals surface area (Å²) in [6.07, 6.45) is 1.85. The summed E-state index contributed by atoms with van der Waals surface area (Å²) >= 11 is 1.11. The van der Waals surface area contributed by atoms with Crippen molar-refractivity contribution >= 4 is 38.9 Å². The second-order valence-corrected chi connectivity index (χ2v) is 10.7. The summed E-state index contributed by atoms with van der Waals surface area (Å²) in [5.41, 5.74) is 2.88. The second-order valence-electron chi connectivity index (χ2n) is 7.81. The van der Waals surface area contributed by atoms with Crippen molar-refractivity contribution in [1.29, 1.82) is 0 Å². The van der Waals surface area contributed by atoms with Crippen LogP contribution in [0.2, 0.25) is 0 Å². The Balaban J connectivity index is 1.35. The van der Waals surface area contributed by atoms with Crippen molar-refractivity contribution in [3.63, 3.8) is 0 Å². The number of nitrogens with one attached hydrogen (secondary N) is 2. The highest BCUT2D eigenvalue weighted by molar-refractivity contribution is 7.94. The summed E-state index contributed by atoms with van der Waals surface area (Å²) in [5, 5.41) is 4.67. The average molecular weight is 485 g/mol. The molecule has 2 aromatic carbocycles. The largest absolute Gasteiger partial charge is 0.449 e. The Bertz CT molecular complexity index is 1240. The maximum Gasteiger partial charge on any atom is 0.338 e. The van der Waals surface area contributed by atoms with E-state index in [1.165, 1.54) is 42.8 Å². The Morgan fingerprint density at radius 2 is 1.82 bits per heavy atom. The number of benzene rings is 2. The number of anilines is 1. The zero-order chi connectivity index (χ0) is 23.4. The van der Waals surface area contributed by atoms with Crippen molar-refractivity contribution in [1.82, 2.24) is 5.32 Å². The Kier molecular flexibility index (Phi) is 6.80. The van der Waals surface area contributed by atoms with Crippen LogP contribution >= 0.6 is 11.3 Å². The fourth-order valence-corrected chi connectivity index (χ4v) is 5.82. The molecule has 9 heteroatoms. The van der Waals surface area contributed by atoms with E-state index in [1.54, 1.807) is 11.4 Å². The van der Waals surface area contributed by atoms with Gasteiger partial charge in [-0.2, -0.15) is 0 Å². The molecule has 0 aliphatic heterocycles. The highest BCUT2D eigenvalue weighted by Crippen LogP contribution is 2.29. The van der Waals surface area contributed by atoms with Crippen LogP contribution < -0.4 is 10.0 Å². The molecule has 1 aliphatic carbocycles. The van der Waals surface area contributed by atoms with E-state index in [1.807, 2.05) is 18.2 Å². The van der Waals surface area contributed by atoms with Crippen molar-refractivity contribution in [2.75, 3.05) is 4.72 Å². The number of amides is 1. The van der Waals surface area contributed by atoms with Gasteiger partial charge in [-0.05, 0) is 73.0 Å². The normalized spacial score (nSPS) is 16.3. The molecule has 0 saturated heterocycles. The lowest BCUT2D eigenvalue weighted by Gasteiger charge is -2.27.